The zero-order valence-corrected chi connectivity index (χ0v) is 14.6. The number of hydrogen-bond acceptors (Lipinski definition) is 4. The molecule has 0 bridgehead atoms. The van der Waals surface area contributed by atoms with Crippen LogP contribution in [0.5, 0.6) is 0 Å². The van der Waals surface area contributed by atoms with E-state index in [0.717, 1.165) is 11.1 Å². The molecule has 0 atom stereocenters. The summed E-state index contributed by atoms with van der Waals surface area (Å²) < 4.78 is 5.24. The average molecular weight is 356 g/mol. The van der Waals surface area contributed by atoms with Crippen molar-refractivity contribution in [1.29, 1.82) is 0 Å². The van der Waals surface area contributed by atoms with Crippen LogP contribution in [0.1, 0.15) is 17.0 Å². The minimum atomic E-state index is -0.0550. The van der Waals surface area contributed by atoms with E-state index < -0.39 is 0 Å². The van der Waals surface area contributed by atoms with E-state index >= 15 is 0 Å². The van der Waals surface area contributed by atoms with Gasteiger partial charge in [0.05, 0.1) is 6.42 Å². The van der Waals surface area contributed by atoms with Crippen LogP contribution in [0.3, 0.4) is 0 Å². The van der Waals surface area contributed by atoms with Gasteiger partial charge in [-0.05, 0) is 24.6 Å². The predicted molar refractivity (Wildman–Crippen MR) is 96.3 cm³/mol. The van der Waals surface area contributed by atoms with Gasteiger partial charge in [-0.15, -0.1) is 0 Å². The molecule has 25 heavy (non-hydrogen) atoms. The summed E-state index contributed by atoms with van der Waals surface area (Å²) in [6.07, 6.45) is 0.806. The lowest BCUT2D eigenvalue weighted by atomic mass is 10.1. The van der Waals surface area contributed by atoms with Crippen molar-refractivity contribution >= 4 is 17.5 Å². The molecule has 0 aliphatic carbocycles. The van der Waals surface area contributed by atoms with Crippen molar-refractivity contribution in [2.45, 2.75) is 19.8 Å². The van der Waals surface area contributed by atoms with E-state index in [1.807, 2.05) is 43.3 Å². The third kappa shape index (κ3) is 4.90. The molecule has 1 heterocycles. The highest BCUT2D eigenvalue weighted by Gasteiger charge is 2.09. The summed E-state index contributed by atoms with van der Waals surface area (Å²) in [6, 6.07) is 15.1. The number of carbonyl (C=O) groups excluding carboxylic acids is 1. The number of hydrogen-bond donors (Lipinski definition) is 1. The summed E-state index contributed by atoms with van der Waals surface area (Å²) in [7, 11) is 0. The normalized spacial score (nSPS) is 10.6. The van der Waals surface area contributed by atoms with Gasteiger partial charge in [0, 0.05) is 23.6 Å². The first kappa shape index (κ1) is 17.2. The molecule has 2 aromatic carbocycles. The van der Waals surface area contributed by atoms with E-state index in [2.05, 4.69) is 15.5 Å². The quantitative estimate of drug-likeness (QED) is 0.733. The maximum atomic E-state index is 11.9. The number of aryl methyl sites for hydroxylation is 1. The Balaban J connectivity index is 1.48. The minimum Gasteiger partial charge on any atom is -0.355 e. The molecule has 128 valence electrons. The molecule has 0 fully saturated rings. The van der Waals surface area contributed by atoms with Gasteiger partial charge in [-0.1, -0.05) is 58.7 Å². The van der Waals surface area contributed by atoms with Crippen molar-refractivity contribution in [1.82, 2.24) is 15.5 Å². The van der Waals surface area contributed by atoms with Gasteiger partial charge < -0.3 is 9.84 Å². The Morgan fingerprint density at radius 1 is 1.12 bits per heavy atom. The lowest BCUT2D eigenvalue weighted by Gasteiger charge is -2.03. The molecular formula is C19H18ClN3O2. The minimum absolute atomic E-state index is 0.0550. The molecule has 0 saturated heterocycles. The van der Waals surface area contributed by atoms with E-state index in [-0.39, 0.29) is 5.91 Å². The number of amides is 1. The molecule has 0 radical (unpaired) electrons. The van der Waals surface area contributed by atoms with Crippen molar-refractivity contribution in [3.8, 4) is 11.4 Å². The Kier molecular flexibility index (Phi) is 5.46. The molecule has 3 aromatic rings. The summed E-state index contributed by atoms with van der Waals surface area (Å²) in [5.74, 6) is 1.01. The second-order valence-electron chi connectivity index (χ2n) is 5.78. The Hall–Kier alpha value is -2.66. The van der Waals surface area contributed by atoms with Crippen molar-refractivity contribution in [3.63, 3.8) is 0 Å². The standard InChI is InChI=1S/C19H18ClN3O2/c1-13-2-6-15(7-3-13)19-22-18(25-23-19)10-11-21-17(24)12-14-4-8-16(20)9-5-14/h2-9H,10-12H2,1H3,(H,21,24). The monoisotopic (exact) mass is 355 g/mol. The first-order valence-electron chi connectivity index (χ1n) is 8.01. The van der Waals surface area contributed by atoms with Crippen LogP contribution in [-0.2, 0) is 17.6 Å². The van der Waals surface area contributed by atoms with Gasteiger partial charge in [0.1, 0.15) is 0 Å². The zero-order valence-electron chi connectivity index (χ0n) is 13.8. The highest BCUT2D eigenvalue weighted by atomic mass is 35.5. The fourth-order valence-corrected chi connectivity index (χ4v) is 2.46. The van der Waals surface area contributed by atoms with Crippen LogP contribution in [0, 0.1) is 6.92 Å². The number of carbonyl (C=O) groups is 1. The molecule has 0 unspecified atom stereocenters. The lowest BCUT2D eigenvalue weighted by molar-refractivity contribution is -0.120. The zero-order chi connectivity index (χ0) is 17.6. The molecule has 1 amide bonds. The Labute approximate surface area is 151 Å². The summed E-state index contributed by atoms with van der Waals surface area (Å²) in [5, 5.41) is 7.49. The van der Waals surface area contributed by atoms with E-state index in [9.17, 15) is 4.79 Å². The molecule has 1 N–H and O–H groups in total. The van der Waals surface area contributed by atoms with Crippen LogP contribution in [0.2, 0.25) is 5.02 Å². The molecule has 0 saturated carbocycles. The third-order valence-electron chi connectivity index (χ3n) is 3.72. The van der Waals surface area contributed by atoms with Crippen LogP contribution in [0.4, 0.5) is 0 Å². The predicted octanol–water partition coefficient (Wildman–Crippen LogP) is 3.60. The average Bonchev–Trinajstić information content (AvgIpc) is 3.06. The Morgan fingerprint density at radius 3 is 2.56 bits per heavy atom. The lowest BCUT2D eigenvalue weighted by Crippen LogP contribution is -2.27. The summed E-state index contributed by atoms with van der Waals surface area (Å²) >= 11 is 5.83. The van der Waals surface area contributed by atoms with Gasteiger partial charge in [-0.3, -0.25) is 4.79 Å². The van der Waals surface area contributed by atoms with Crippen molar-refractivity contribution in [3.05, 3.63) is 70.6 Å². The maximum absolute atomic E-state index is 11.9. The molecule has 0 spiro atoms. The second kappa shape index (κ2) is 7.94. The van der Waals surface area contributed by atoms with Crippen LogP contribution in [0.15, 0.2) is 53.1 Å². The molecule has 5 nitrogen and oxygen atoms in total. The van der Waals surface area contributed by atoms with Crippen molar-refractivity contribution < 1.29 is 9.32 Å². The maximum Gasteiger partial charge on any atom is 0.228 e. The molecule has 1 aromatic heterocycles. The van der Waals surface area contributed by atoms with Gasteiger partial charge in [-0.25, -0.2) is 0 Å². The smallest absolute Gasteiger partial charge is 0.228 e. The fraction of sp³-hybridized carbons (Fsp3) is 0.211. The van der Waals surface area contributed by atoms with Gasteiger partial charge in [0.15, 0.2) is 0 Å². The Bertz CT molecular complexity index is 842. The van der Waals surface area contributed by atoms with Gasteiger partial charge >= 0.3 is 0 Å². The number of benzene rings is 2. The van der Waals surface area contributed by atoms with Crippen LogP contribution in [0.25, 0.3) is 11.4 Å². The largest absolute Gasteiger partial charge is 0.355 e. The topological polar surface area (TPSA) is 68.0 Å². The molecular weight excluding hydrogens is 338 g/mol. The molecule has 3 rings (SSSR count). The number of nitrogens with one attached hydrogen (secondary N) is 1. The summed E-state index contributed by atoms with van der Waals surface area (Å²) in [6.45, 7) is 2.47. The number of halogens is 1. The number of aromatic nitrogens is 2. The first-order chi connectivity index (χ1) is 12.1. The van der Waals surface area contributed by atoms with Crippen LogP contribution in [-0.4, -0.2) is 22.6 Å². The van der Waals surface area contributed by atoms with Gasteiger partial charge in [0.25, 0.3) is 0 Å². The molecule has 6 heteroatoms. The highest BCUT2D eigenvalue weighted by molar-refractivity contribution is 6.30. The Morgan fingerprint density at radius 2 is 1.84 bits per heavy atom. The van der Waals surface area contributed by atoms with Crippen molar-refractivity contribution in [2.75, 3.05) is 6.54 Å². The van der Waals surface area contributed by atoms with E-state index in [0.29, 0.717) is 36.1 Å². The van der Waals surface area contributed by atoms with E-state index in [1.54, 1.807) is 12.1 Å². The van der Waals surface area contributed by atoms with E-state index in [4.69, 9.17) is 16.1 Å². The van der Waals surface area contributed by atoms with E-state index in [1.165, 1.54) is 5.56 Å². The number of nitrogens with zero attached hydrogens (tertiary/aromatic N) is 2. The van der Waals surface area contributed by atoms with Crippen LogP contribution >= 0.6 is 11.6 Å². The fourth-order valence-electron chi connectivity index (χ4n) is 2.34. The first-order valence-corrected chi connectivity index (χ1v) is 8.39. The van der Waals surface area contributed by atoms with Crippen LogP contribution < -0.4 is 5.32 Å². The summed E-state index contributed by atoms with van der Waals surface area (Å²) in [5.41, 5.74) is 3.00. The second-order valence-corrected chi connectivity index (χ2v) is 6.22. The third-order valence-corrected chi connectivity index (χ3v) is 3.97. The SMILES string of the molecule is Cc1ccc(-c2noc(CCNC(=O)Cc3ccc(Cl)cc3)n2)cc1. The summed E-state index contributed by atoms with van der Waals surface area (Å²) in [4.78, 5) is 16.3. The van der Waals surface area contributed by atoms with Gasteiger partial charge in [-0.2, -0.15) is 4.98 Å². The van der Waals surface area contributed by atoms with Crippen molar-refractivity contribution in [2.24, 2.45) is 0 Å². The highest BCUT2D eigenvalue weighted by Crippen LogP contribution is 2.16. The number of rotatable bonds is 6. The van der Waals surface area contributed by atoms with Gasteiger partial charge in [0.2, 0.25) is 17.6 Å². The molecule has 0 aliphatic rings. The molecule has 0 aliphatic heterocycles.